The smallest absolute Gasteiger partial charge is 0.290 e. The van der Waals surface area contributed by atoms with Crippen LogP contribution in [0.25, 0.3) is 0 Å². The highest BCUT2D eigenvalue weighted by Gasteiger charge is 2.47. The summed E-state index contributed by atoms with van der Waals surface area (Å²) in [5, 5.41) is 21.1. The summed E-state index contributed by atoms with van der Waals surface area (Å²) in [5.41, 5.74) is 0. The summed E-state index contributed by atoms with van der Waals surface area (Å²) in [4.78, 5) is 38.2. The highest BCUT2D eigenvalue weighted by atomic mass is 16.3. The van der Waals surface area contributed by atoms with Crippen molar-refractivity contribution in [2.75, 3.05) is 26.2 Å². The van der Waals surface area contributed by atoms with Crippen LogP contribution in [0.1, 0.15) is 46.0 Å². The van der Waals surface area contributed by atoms with Gasteiger partial charge in [-0.05, 0) is 54.0 Å². The second-order valence-electron chi connectivity index (χ2n) is 9.44. The molecule has 3 saturated heterocycles. The Morgan fingerprint density at radius 3 is 2.69 bits per heavy atom. The maximum absolute atomic E-state index is 12.9. The molecule has 3 aliphatic rings. The number of carboxylic acid groups (broad SMARTS) is 1. The molecule has 3 fully saturated rings. The first-order valence-electron chi connectivity index (χ1n) is 11.5. The topological polar surface area (TPSA) is 134 Å². The fourth-order valence-corrected chi connectivity index (χ4v) is 5.54. The number of tetrazole rings is 1. The van der Waals surface area contributed by atoms with Crippen LogP contribution in [-0.2, 0) is 20.9 Å². The fraction of sp³-hybridized carbons (Fsp3) is 0.810. The predicted octanol–water partition coefficient (Wildman–Crippen LogP) is 0.238. The maximum atomic E-state index is 12.9. The summed E-state index contributed by atoms with van der Waals surface area (Å²) in [7, 11) is 0. The largest absolute Gasteiger partial charge is 0.483 e. The van der Waals surface area contributed by atoms with Gasteiger partial charge in [0, 0.05) is 38.1 Å². The number of amides is 2. The molecule has 0 saturated carbocycles. The zero-order valence-corrected chi connectivity index (χ0v) is 19.0. The van der Waals surface area contributed by atoms with E-state index in [0.29, 0.717) is 42.8 Å². The van der Waals surface area contributed by atoms with E-state index in [2.05, 4.69) is 39.6 Å². The molecule has 0 radical (unpaired) electrons. The first kappa shape index (κ1) is 24.1. The van der Waals surface area contributed by atoms with E-state index in [4.69, 9.17) is 9.90 Å². The summed E-state index contributed by atoms with van der Waals surface area (Å²) in [6.07, 6.45) is 6.89. The van der Waals surface area contributed by atoms with E-state index in [9.17, 15) is 9.59 Å². The van der Waals surface area contributed by atoms with Gasteiger partial charge in [-0.1, -0.05) is 20.3 Å². The van der Waals surface area contributed by atoms with E-state index in [1.165, 1.54) is 30.3 Å². The van der Waals surface area contributed by atoms with Gasteiger partial charge in [-0.25, -0.2) is 4.68 Å². The Morgan fingerprint density at radius 2 is 2.00 bits per heavy atom. The van der Waals surface area contributed by atoms with Crippen LogP contribution in [-0.4, -0.2) is 91.7 Å². The van der Waals surface area contributed by atoms with Crippen molar-refractivity contribution in [2.24, 2.45) is 17.8 Å². The molecule has 178 valence electrons. The molecule has 0 aliphatic carbocycles. The second-order valence-corrected chi connectivity index (χ2v) is 9.44. The molecule has 11 heteroatoms. The summed E-state index contributed by atoms with van der Waals surface area (Å²) < 4.78 is 1.49. The van der Waals surface area contributed by atoms with Gasteiger partial charge < -0.3 is 15.3 Å². The van der Waals surface area contributed by atoms with E-state index < -0.39 is 0 Å². The monoisotopic (exact) mass is 449 g/mol. The normalized spacial score (nSPS) is 27.2. The molecular weight excluding hydrogens is 414 g/mol. The number of fused-ring (bicyclic) bond motifs is 4. The molecule has 2 N–H and O–H groups in total. The molecular formula is C21H35N7O4. The van der Waals surface area contributed by atoms with Crippen molar-refractivity contribution in [2.45, 2.75) is 64.6 Å². The Bertz CT molecular complexity index is 757. The van der Waals surface area contributed by atoms with Gasteiger partial charge in [-0.2, -0.15) is 0 Å². The third-order valence-electron chi connectivity index (χ3n) is 6.77. The molecule has 1 aromatic rings. The van der Waals surface area contributed by atoms with Gasteiger partial charge in [0.15, 0.2) is 0 Å². The molecule has 0 unspecified atom stereocenters. The van der Waals surface area contributed by atoms with E-state index in [0.717, 1.165) is 26.1 Å². The molecule has 11 nitrogen and oxygen atoms in total. The number of carbonyl (C=O) groups is 3. The number of rotatable bonds is 6. The minimum absolute atomic E-state index is 0.0823. The molecule has 32 heavy (non-hydrogen) atoms. The Balaban J connectivity index is 0.000000913. The highest BCUT2D eigenvalue weighted by Crippen LogP contribution is 2.41. The first-order chi connectivity index (χ1) is 15.4. The lowest BCUT2D eigenvalue weighted by Crippen LogP contribution is -2.66. The zero-order chi connectivity index (χ0) is 23.1. The van der Waals surface area contributed by atoms with Gasteiger partial charge in [-0.15, -0.1) is 5.10 Å². The Kier molecular flexibility index (Phi) is 8.54. The van der Waals surface area contributed by atoms with Crippen LogP contribution in [0.4, 0.5) is 0 Å². The van der Waals surface area contributed by atoms with Gasteiger partial charge in [-0.3, -0.25) is 19.3 Å². The highest BCUT2D eigenvalue weighted by molar-refractivity contribution is 5.76. The quantitative estimate of drug-likeness (QED) is 0.590. The fourth-order valence-electron chi connectivity index (χ4n) is 5.54. The van der Waals surface area contributed by atoms with E-state index in [1.54, 1.807) is 0 Å². The molecule has 1 aromatic heterocycles. The van der Waals surface area contributed by atoms with Crippen molar-refractivity contribution in [3.05, 3.63) is 6.33 Å². The van der Waals surface area contributed by atoms with Gasteiger partial charge >= 0.3 is 0 Å². The number of likely N-dealkylation sites (tertiary alicyclic amines) is 1. The minimum atomic E-state index is -0.250. The number of hydrogen-bond donors (Lipinski definition) is 2. The minimum Gasteiger partial charge on any atom is -0.483 e. The summed E-state index contributed by atoms with van der Waals surface area (Å²) in [6, 6.07) is 0.840. The van der Waals surface area contributed by atoms with Crippen LogP contribution in [0, 0.1) is 17.8 Å². The standard InChI is InChI=1S/C20H33N7O2.CH2O2/c1-14(2)7-19(28)21-9-18-16-8-15(17-5-3-4-6-27(17)18)10-25(11-16)20(29)12-26-13-22-23-24-26;2-1-3/h13-18H,3-12H2,1-2H3,(H,21,28);1H,(H,2,3)/t15-,16+,17+,18+;/m1./s1. The van der Waals surface area contributed by atoms with Crippen molar-refractivity contribution in [1.29, 1.82) is 0 Å². The molecule has 2 amide bonds. The lowest BCUT2D eigenvalue weighted by Gasteiger charge is -2.56. The van der Waals surface area contributed by atoms with Crippen LogP contribution in [0.15, 0.2) is 6.33 Å². The van der Waals surface area contributed by atoms with E-state index in [1.807, 2.05) is 4.90 Å². The van der Waals surface area contributed by atoms with Crippen molar-refractivity contribution in [1.82, 2.24) is 35.3 Å². The molecule has 4 atom stereocenters. The Morgan fingerprint density at radius 1 is 1.25 bits per heavy atom. The number of piperidine rings is 3. The van der Waals surface area contributed by atoms with Gasteiger partial charge in [0.25, 0.3) is 6.47 Å². The third kappa shape index (κ3) is 6.02. The van der Waals surface area contributed by atoms with Crippen LogP contribution >= 0.6 is 0 Å². The summed E-state index contributed by atoms with van der Waals surface area (Å²) in [5.74, 6) is 1.51. The van der Waals surface area contributed by atoms with Gasteiger partial charge in [0.2, 0.25) is 11.8 Å². The average Bonchev–Trinajstić information content (AvgIpc) is 3.26. The number of carbonyl (C=O) groups excluding carboxylic acids is 2. The lowest BCUT2D eigenvalue weighted by atomic mass is 9.72. The zero-order valence-electron chi connectivity index (χ0n) is 19.0. The van der Waals surface area contributed by atoms with Crippen molar-refractivity contribution < 1.29 is 19.5 Å². The SMILES string of the molecule is CC(C)CC(=O)NC[C@H]1[C@H]2C[C@H](CN(C(=O)Cn3cnnn3)C2)[C@@H]2CCCCN21.O=CO. The number of hydrogen-bond acceptors (Lipinski definition) is 7. The Labute approximate surface area is 188 Å². The molecule has 4 rings (SSSR count). The van der Waals surface area contributed by atoms with Crippen LogP contribution in [0.3, 0.4) is 0 Å². The van der Waals surface area contributed by atoms with E-state index >= 15 is 0 Å². The molecule has 0 aromatic carbocycles. The molecule has 2 bridgehead atoms. The first-order valence-corrected chi connectivity index (χ1v) is 11.5. The predicted molar refractivity (Wildman–Crippen MR) is 115 cm³/mol. The van der Waals surface area contributed by atoms with Crippen LogP contribution in [0.5, 0.6) is 0 Å². The van der Waals surface area contributed by atoms with Gasteiger partial charge in [0.1, 0.15) is 12.9 Å². The molecule has 0 spiro atoms. The Hall–Kier alpha value is -2.56. The summed E-state index contributed by atoms with van der Waals surface area (Å²) in [6.45, 7) is 7.46. The average molecular weight is 450 g/mol. The number of nitrogens with one attached hydrogen (secondary N) is 1. The molecule has 3 aliphatic heterocycles. The third-order valence-corrected chi connectivity index (χ3v) is 6.77. The van der Waals surface area contributed by atoms with Gasteiger partial charge in [0.05, 0.1) is 0 Å². The van der Waals surface area contributed by atoms with Crippen molar-refractivity contribution in [3.8, 4) is 0 Å². The van der Waals surface area contributed by atoms with Crippen LogP contribution in [0.2, 0.25) is 0 Å². The van der Waals surface area contributed by atoms with Crippen molar-refractivity contribution in [3.63, 3.8) is 0 Å². The van der Waals surface area contributed by atoms with Crippen LogP contribution < -0.4 is 5.32 Å². The maximum Gasteiger partial charge on any atom is 0.290 e. The van der Waals surface area contributed by atoms with E-state index in [-0.39, 0.29) is 24.8 Å². The summed E-state index contributed by atoms with van der Waals surface area (Å²) >= 11 is 0. The molecule has 4 heterocycles. The number of aromatic nitrogens is 4. The van der Waals surface area contributed by atoms with Crippen molar-refractivity contribution >= 4 is 18.3 Å². The number of nitrogens with zero attached hydrogens (tertiary/aromatic N) is 6. The second kappa shape index (κ2) is 11.3. The lowest BCUT2D eigenvalue weighted by molar-refractivity contribution is -0.142.